The van der Waals surface area contributed by atoms with Crippen LogP contribution in [0.1, 0.15) is 24.1 Å². The number of halogens is 1. The molecule has 0 amide bonds. The second kappa shape index (κ2) is 7.18. The Morgan fingerprint density at radius 2 is 2.21 bits per heavy atom. The fourth-order valence-corrected chi connectivity index (χ4v) is 3.49. The number of nitriles is 1. The van der Waals surface area contributed by atoms with Crippen molar-refractivity contribution in [2.45, 2.75) is 25.8 Å². The Bertz CT molecular complexity index is 770. The first-order valence-corrected chi connectivity index (χ1v) is 8.85. The molecule has 0 saturated carbocycles. The Morgan fingerprint density at radius 1 is 1.38 bits per heavy atom. The lowest BCUT2D eigenvalue weighted by atomic mass is 10.0. The van der Waals surface area contributed by atoms with Gasteiger partial charge >= 0.3 is 0 Å². The van der Waals surface area contributed by atoms with Crippen molar-refractivity contribution in [3.05, 3.63) is 46.2 Å². The number of likely N-dealkylation sites (N-methyl/N-ethyl adjacent to an activating group) is 1. The fourth-order valence-electron chi connectivity index (χ4n) is 3.13. The SMILES string of the molecule is Cc1ccnc(N(C)C2CCCN(c3ccc(Br)cc3C#N)C2)n1. The summed E-state index contributed by atoms with van der Waals surface area (Å²) >= 11 is 3.44. The average molecular weight is 386 g/mol. The molecule has 2 aromatic rings. The number of anilines is 2. The smallest absolute Gasteiger partial charge is 0.225 e. The molecule has 1 unspecified atom stereocenters. The molecule has 0 N–H and O–H groups in total. The summed E-state index contributed by atoms with van der Waals surface area (Å²) in [6.45, 7) is 3.81. The van der Waals surface area contributed by atoms with Crippen LogP contribution in [0.15, 0.2) is 34.9 Å². The van der Waals surface area contributed by atoms with E-state index >= 15 is 0 Å². The molecule has 0 spiro atoms. The highest BCUT2D eigenvalue weighted by molar-refractivity contribution is 9.10. The number of rotatable bonds is 3. The third-order valence-corrected chi connectivity index (χ3v) is 4.95. The van der Waals surface area contributed by atoms with E-state index in [4.69, 9.17) is 0 Å². The molecule has 1 aliphatic heterocycles. The van der Waals surface area contributed by atoms with Gasteiger partial charge in [-0.3, -0.25) is 0 Å². The quantitative estimate of drug-likeness (QED) is 0.808. The third-order valence-electron chi connectivity index (χ3n) is 4.46. The van der Waals surface area contributed by atoms with E-state index in [1.165, 1.54) is 0 Å². The first-order valence-electron chi connectivity index (χ1n) is 8.05. The van der Waals surface area contributed by atoms with Crippen molar-refractivity contribution < 1.29 is 0 Å². The standard InChI is InChI=1S/C18H20BrN5/c1-13-7-8-21-18(22-13)23(2)16-4-3-9-24(12-16)17-6-5-15(19)10-14(17)11-20/h5-8,10,16H,3-4,9,12H2,1-2H3. The topological polar surface area (TPSA) is 56.1 Å². The second-order valence-electron chi connectivity index (χ2n) is 6.12. The van der Waals surface area contributed by atoms with Crippen molar-refractivity contribution in [2.75, 3.05) is 29.9 Å². The zero-order valence-electron chi connectivity index (χ0n) is 13.9. The van der Waals surface area contributed by atoms with Crippen LogP contribution in [0.25, 0.3) is 0 Å². The van der Waals surface area contributed by atoms with Gasteiger partial charge in [0.25, 0.3) is 0 Å². The molecule has 5 nitrogen and oxygen atoms in total. The van der Waals surface area contributed by atoms with Crippen LogP contribution >= 0.6 is 15.9 Å². The molecule has 1 aliphatic rings. The van der Waals surface area contributed by atoms with Crippen molar-refractivity contribution >= 4 is 27.6 Å². The summed E-state index contributed by atoms with van der Waals surface area (Å²) < 4.78 is 0.932. The van der Waals surface area contributed by atoms with Gasteiger partial charge in [-0.15, -0.1) is 0 Å². The van der Waals surface area contributed by atoms with Crippen LogP contribution in [0.3, 0.4) is 0 Å². The second-order valence-corrected chi connectivity index (χ2v) is 7.04. The van der Waals surface area contributed by atoms with Crippen molar-refractivity contribution in [2.24, 2.45) is 0 Å². The summed E-state index contributed by atoms with van der Waals surface area (Å²) in [4.78, 5) is 13.4. The number of benzene rings is 1. The van der Waals surface area contributed by atoms with Gasteiger partial charge in [-0.25, -0.2) is 9.97 Å². The van der Waals surface area contributed by atoms with Gasteiger partial charge in [-0.1, -0.05) is 15.9 Å². The summed E-state index contributed by atoms with van der Waals surface area (Å²) in [6.07, 6.45) is 3.99. The Labute approximate surface area is 151 Å². The average Bonchev–Trinajstić information content (AvgIpc) is 2.61. The Kier molecular flexibility index (Phi) is 5.00. The molecule has 124 valence electrons. The van der Waals surface area contributed by atoms with Crippen LogP contribution in [0.5, 0.6) is 0 Å². The Hall–Kier alpha value is -2.13. The van der Waals surface area contributed by atoms with Crippen LogP contribution < -0.4 is 9.80 Å². The van der Waals surface area contributed by atoms with Gasteiger partial charge in [0.1, 0.15) is 6.07 Å². The molecular weight excluding hydrogens is 366 g/mol. The van der Waals surface area contributed by atoms with Crippen LogP contribution in [0.2, 0.25) is 0 Å². The minimum atomic E-state index is 0.329. The summed E-state index contributed by atoms with van der Waals surface area (Å²) in [7, 11) is 2.05. The zero-order valence-corrected chi connectivity index (χ0v) is 15.5. The van der Waals surface area contributed by atoms with Gasteiger partial charge in [0, 0.05) is 42.5 Å². The van der Waals surface area contributed by atoms with Crippen molar-refractivity contribution in [1.29, 1.82) is 5.26 Å². The number of piperidine rings is 1. The molecular formula is C18H20BrN5. The number of aryl methyl sites for hydroxylation is 1. The molecule has 0 aliphatic carbocycles. The van der Waals surface area contributed by atoms with E-state index in [1.807, 2.05) is 31.2 Å². The summed E-state index contributed by atoms with van der Waals surface area (Å²) in [5.41, 5.74) is 2.68. The maximum atomic E-state index is 9.43. The summed E-state index contributed by atoms with van der Waals surface area (Å²) in [5, 5.41) is 9.43. The molecule has 2 heterocycles. The molecule has 3 rings (SSSR count). The van der Waals surface area contributed by atoms with Gasteiger partial charge in [-0.05, 0) is 44.0 Å². The maximum Gasteiger partial charge on any atom is 0.225 e. The van der Waals surface area contributed by atoms with Gasteiger partial charge in [0.15, 0.2) is 0 Å². The number of hydrogen-bond donors (Lipinski definition) is 0. The van der Waals surface area contributed by atoms with E-state index < -0.39 is 0 Å². The third kappa shape index (κ3) is 3.51. The zero-order chi connectivity index (χ0) is 17.1. The van der Waals surface area contributed by atoms with Crippen molar-refractivity contribution in [3.8, 4) is 6.07 Å². The predicted octanol–water partition coefficient (Wildman–Crippen LogP) is 3.52. The molecule has 0 radical (unpaired) electrons. The Balaban J connectivity index is 1.81. The molecule has 0 bridgehead atoms. The van der Waals surface area contributed by atoms with E-state index in [0.717, 1.165) is 47.7 Å². The first kappa shape index (κ1) is 16.7. The van der Waals surface area contributed by atoms with E-state index in [-0.39, 0.29) is 0 Å². The maximum absolute atomic E-state index is 9.43. The molecule has 6 heteroatoms. The predicted molar refractivity (Wildman–Crippen MR) is 99.3 cm³/mol. The highest BCUT2D eigenvalue weighted by Crippen LogP contribution is 2.28. The first-order chi connectivity index (χ1) is 11.6. The molecule has 1 saturated heterocycles. The Morgan fingerprint density at radius 3 is 2.96 bits per heavy atom. The highest BCUT2D eigenvalue weighted by atomic mass is 79.9. The van der Waals surface area contributed by atoms with Crippen LogP contribution in [-0.2, 0) is 0 Å². The minimum Gasteiger partial charge on any atom is -0.368 e. The molecule has 1 aromatic heterocycles. The van der Waals surface area contributed by atoms with Gasteiger partial charge in [0.05, 0.1) is 11.3 Å². The lowest BCUT2D eigenvalue weighted by Crippen LogP contribution is -2.47. The van der Waals surface area contributed by atoms with Gasteiger partial charge in [0.2, 0.25) is 5.95 Å². The monoisotopic (exact) mass is 385 g/mol. The van der Waals surface area contributed by atoms with Crippen LogP contribution in [-0.4, -0.2) is 36.1 Å². The largest absolute Gasteiger partial charge is 0.368 e. The molecule has 1 aromatic carbocycles. The van der Waals surface area contributed by atoms with E-state index in [1.54, 1.807) is 6.20 Å². The number of hydrogen-bond acceptors (Lipinski definition) is 5. The minimum absolute atomic E-state index is 0.329. The van der Waals surface area contributed by atoms with Crippen molar-refractivity contribution in [1.82, 2.24) is 9.97 Å². The van der Waals surface area contributed by atoms with Crippen molar-refractivity contribution in [3.63, 3.8) is 0 Å². The molecule has 1 fully saturated rings. The van der Waals surface area contributed by atoms with Gasteiger partial charge < -0.3 is 9.80 Å². The van der Waals surface area contributed by atoms with Gasteiger partial charge in [-0.2, -0.15) is 5.26 Å². The number of aromatic nitrogens is 2. The van der Waals surface area contributed by atoms with E-state index in [9.17, 15) is 5.26 Å². The lowest BCUT2D eigenvalue weighted by molar-refractivity contribution is 0.483. The van der Waals surface area contributed by atoms with E-state index in [0.29, 0.717) is 11.6 Å². The summed E-state index contributed by atoms with van der Waals surface area (Å²) in [5.74, 6) is 0.762. The summed E-state index contributed by atoms with van der Waals surface area (Å²) in [6, 6.07) is 10.4. The molecule has 24 heavy (non-hydrogen) atoms. The highest BCUT2D eigenvalue weighted by Gasteiger charge is 2.26. The lowest BCUT2D eigenvalue weighted by Gasteiger charge is -2.39. The number of nitrogens with zero attached hydrogens (tertiary/aromatic N) is 5. The fraction of sp³-hybridized carbons (Fsp3) is 0.389. The van der Waals surface area contributed by atoms with E-state index in [2.05, 4.69) is 48.8 Å². The van der Waals surface area contributed by atoms with Crippen LogP contribution in [0.4, 0.5) is 11.6 Å². The normalized spacial score (nSPS) is 17.4. The van der Waals surface area contributed by atoms with Crippen LogP contribution in [0, 0.1) is 18.3 Å². The molecule has 1 atom stereocenters.